The minimum atomic E-state index is -0.625. The predicted octanol–water partition coefficient (Wildman–Crippen LogP) is 3.48. The SMILES string of the molecule is CC1=C(Cc2cn(C[C@H](O)c3cccnc3)nn2)C(C)(C)CCC1. The maximum absolute atomic E-state index is 10.3. The Morgan fingerprint density at radius 3 is 2.92 bits per heavy atom. The van der Waals surface area contributed by atoms with E-state index in [1.54, 1.807) is 17.1 Å². The highest BCUT2D eigenvalue weighted by atomic mass is 16.3. The largest absolute Gasteiger partial charge is 0.386 e. The van der Waals surface area contributed by atoms with E-state index < -0.39 is 6.10 Å². The molecule has 0 aromatic carbocycles. The second-order valence-corrected chi connectivity index (χ2v) is 7.41. The summed E-state index contributed by atoms with van der Waals surface area (Å²) >= 11 is 0. The number of rotatable bonds is 5. The third-order valence-electron chi connectivity index (χ3n) is 5.06. The zero-order valence-electron chi connectivity index (χ0n) is 14.7. The topological polar surface area (TPSA) is 63.8 Å². The fourth-order valence-electron chi connectivity index (χ4n) is 3.61. The number of aliphatic hydroxyl groups is 1. The van der Waals surface area contributed by atoms with Crippen LogP contribution in [0.4, 0.5) is 0 Å². The molecule has 0 radical (unpaired) electrons. The van der Waals surface area contributed by atoms with Crippen molar-refractivity contribution in [3.05, 3.63) is 53.1 Å². The Labute approximate surface area is 143 Å². The third-order valence-corrected chi connectivity index (χ3v) is 5.06. The van der Waals surface area contributed by atoms with Crippen molar-refractivity contribution in [2.24, 2.45) is 5.41 Å². The molecule has 24 heavy (non-hydrogen) atoms. The van der Waals surface area contributed by atoms with Gasteiger partial charge in [0.15, 0.2) is 0 Å². The molecule has 3 rings (SSSR count). The minimum Gasteiger partial charge on any atom is -0.386 e. The Morgan fingerprint density at radius 2 is 2.21 bits per heavy atom. The van der Waals surface area contributed by atoms with E-state index >= 15 is 0 Å². The molecular weight excluding hydrogens is 300 g/mol. The van der Waals surface area contributed by atoms with Crippen molar-refractivity contribution < 1.29 is 5.11 Å². The maximum atomic E-state index is 10.3. The first-order chi connectivity index (χ1) is 11.5. The summed E-state index contributed by atoms with van der Waals surface area (Å²) in [5.74, 6) is 0. The number of hydrogen-bond acceptors (Lipinski definition) is 4. The first-order valence-electron chi connectivity index (χ1n) is 8.62. The van der Waals surface area contributed by atoms with Gasteiger partial charge >= 0.3 is 0 Å². The molecular formula is C19H26N4O. The Bertz CT molecular complexity index is 718. The van der Waals surface area contributed by atoms with Crippen LogP contribution in [-0.2, 0) is 13.0 Å². The summed E-state index contributed by atoms with van der Waals surface area (Å²) in [4.78, 5) is 4.04. The zero-order valence-corrected chi connectivity index (χ0v) is 14.7. The molecule has 0 saturated heterocycles. The van der Waals surface area contributed by atoms with Crippen LogP contribution in [0.15, 0.2) is 41.9 Å². The van der Waals surface area contributed by atoms with Crippen molar-refractivity contribution in [3.63, 3.8) is 0 Å². The molecule has 0 saturated carbocycles. The average molecular weight is 326 g/mol. The molecule has 0 fully saturated rings. The van der Waals surface area contributed by atoms with Gasteiger partial charge in [-0.1, -0.05) is 36.3 Å². The fraction of sp³-hybridized carbons (Fsp3) is 0.526. The van der Waals surface area contributed by atoms with Crippen LogP contribution in [0.2, 0.25) is 0 Å². The molecule has 0 spiro atoms. The molecule has 5 heteroatoms. The number of aromatic nitrogens is 4. The second-order valence-electron chi connectivity index (χ2n) is 7.41. The number of hydrogen-bond donors (Lipinski definition) is 1. The van der Waals surface area contributed by atoms with Gasteiger partial charge in [0.05, 0.1) is 12.2 Å². The van der Waals surface area contributed by atoms with Crippen LogP contribution in [0.3, 0.4) is 0 Å². The number of nitrogens with zero attached hydrogens (tertiary/aromatic N) is 4. The third kappa shape index (κ3) is 3.73. The van der Waals surface area contributed by atoms with Crippen LogP contribution in [0.1, 0.15) is 57.4 Å². The molecule has 128 valence electrons. The summed E-state index contributed by atoms with van der Waals surface area (Å²) in [6.07, 6.45) is 9.24. The van der Waals surface area contributed by atoms with Gasteiger partial charge in [-0.2, -0.15) is 0 Å². The lowest BCUT2D eigenvalue weighted by Gasteiger charge is -2.34. The molecule has 1 N–H and O–H groups in total. The van der Waals surface area contributed by atoms with E-state index in [9.17, 15) is 5.11 Å². The van der Waals surface area contributed by atoms with E-state index in [0.29, 0.717) is 6.54 Å². The Balaban J connectivity index is 1.70. The van der Waals surface area contributed by atoms with Crippen LogP contribution in [0.25, 0.3) is 0 Å². The molecule has 1 atom stereocenters. The molecule has 0 amide bonds. The van der Waals surface area contributed by atoms with Crippen molar-refractivity contribution in [2.75, 3.05) is 0 Å². The first-order valence-corrected chi connectivity index (χ1v) is 8.62. The predicted molar refractivity (Wildman–Crippen MR) is 93.3 cm³/mol. The summed E-state index contributed by atoms with van der Waals surface area (Å²) < 4.78 is 1.72. The normalized spacial score (nSPS) is 18.7. The summed E-state index contributed by atoms with van der Waals surface area (Å²) in [7, 11) is 0. The van der Waals surface area contributed by atoms with Crippen molar-refractivity contribution in [1.29, 1.82) is 0 Å². The first kappa shape index (κ1) is 16.8. The number of pyridine rings is 1. The van der Waals surface area contributed by atoms with E-state index in [1.165, 1.54) is 30.4 Å². The van der Waals surface area contributed by atoms with E-state index in [1.807, 2.05) is 18.3 Å². The Hall–Kier alpha value is -2.01. The molecule has 0 aliphatic heterocycles. The van der Waals surface area contributed by atoms with Crippen LogP contribution in [0.5, 0.6) is 0 Å². The highest BCUT2D eigenvalue weighted by molar-refractivity contribution is 5.26. The summed E-state index contributed by atoms with van der Waals surface area (Å²) in [5.41, 5.74) is 4.99. The lowest BCUT2D eigenvalue weighted by Crippen LogP contribution is -2.22. The van der Waals surface area contributed by atoms with Gasteiger partial charge in [-0.3, -0.25) is 4.98 Å². The molecule has 2 heterocycles. The lowest BCUT2D eigenvalue weighted by molar-refractivity contribution is 0.150. The molecule has 0 bridgehead atoms. The van der Waals surface area contributed by atoms with Gasteiger partial charge in [-0.15, -0.1) is 5.10 Å². The summed E-state index contributed by atoms with van der Waals surface area (Å²) in [6.45, 7) is 7.27. The smallest absolute Gasteiger partial charge is 0.100 e. The number of aliphatic hydroxyl groups excluding tert-OH is 1. The molecule has 0 unspecified atom stereocenters. The van der Waals surface area contributed by atoms with Crippen LogP contribution in [-0.4, -0.2) is 25.1 Å². The standard InChI is InChI=1S/C19H26N4O/c1-14-6-4-8-19(2,3)17(14)10-16-12-23(22-21-16)13-18(24)15-7-5-9-20-11-15/h5,7,9,11-12,18,24H,4,6,8,10,13H2,1-3H3/t18-/m0/s1. The minimum absolute atomic E-state index is 0.237. The van der Waals surface area contributed by atoms with Crippen LogP contribution in [0, 0.1) is 5.41 Å². The maximum Gasteiger partial charge on any atom is 0.100 e. The molecule has 2 aromatic heterocycles. The van der Waals surface area contributed by atoms with Crippen molar-refractivity contribution in [3.8, 4) is 0 Å². The number of allylic oxidation sites excluding steroid dienone is 2. The van der Waals surface area contributed by atoms with Crippen LogP contribution < -0.4 is 0 Å². The van der Waals surface area contributed by atoms with E-state index in [-0.39, 0.29) is 5.41 Å². The van der Waals surface area contributed by atoms with E-state index in [2.05, 4.69) is 36.1 Å². The van der Waals surface area contributed by atoms with Gasteiger partial charge in [0.1, 0.15) is 6.10 Å². The lowest BCUT2D eigenvalue weighted by atomic mass is 9.71. The molecule has 1 aliphatic rings. The second kappa shape index (κ2) is 6.85. The molecule has 1 aliphatic carbocycles. The van der Waals surface area contributed by atoms with E-state index in [0.717, 1.165) is 17.7 Å². The Morgan fingerprint density at radius 1 is 1.38 bits per heavy atom. The summed E-state index contributed by atoms with van der Waals surface area (Å²) in [5, 5.41) is 18.8. The molecule has 2 aromatic rings. The van der Waals surface area contributed by atoms with Gasteiger partial charge in [0, 0.05) is 30.6 Å². The highest BCUT2D eigenvalue weighted by Gasteiger charge is 2.28. The van der Waals surface area contributed by atoms with Gasteiger partial charge < -0.3 is 5.11 Å². The van der Waals surface area contributed by atoms with Gasteiger partial charge in [-0.25, -0.2) is 4.68 Å². The monoisotopic (exact) mass is 326 g/mol. The van der Waals surface area contributed by atoms with E-state index in [4.69, 9.17) is 0 Å². The van der Waals surface area contributed by atoms with Gasteiger partial charge in [-0.05, 0) is 37.7 Å². The quantitative estimate of drug-likeness (QED) is 0.855. The van der Waals surface area contributed by atoms with Crippen molar-refractivity contribution >= 4 is 0 Å². The fourth-order valence-corrected chi connectivity index (χ4v) is 3.61. The van der Waals surface area contributed by atoms with Gasteiger partial charge in [0.25, 0.3) is 0 Å². The molecule has 5 nitrogen and oxygen atoms in total. The zero-order chi connectivity index (χ0) is 17.2. The highest BCUT2D eigenvalue weighted by Crippen LogP contribution is 2.41. The van der Waals surface area contributed by atoms with Crippen LogP contribution >= 0.6 is 0 Å². The van der Waals surface area contributed by atoms with Crippen molar-refractivity contribution in [1.82, 2.24) is 20.0 Å². The van der Waals surface area contributed by atoms with Gasteiger partial charge in [0.2, 0.25) is 0 Å². The van der Waals surface area contributed by atoms with Crippen molar-refractivity contribution in [2.45, 2.75) is 59.1 Å². The summed E-state index contributed by atoms with van der Waals surface area (Å²) in [6, 6.07) is 3.69. The average Bonchev–Trinajstić information content (AvgIpc) is 2.99. The Kier molecular flexibility index (Phi) is 4.81.